The van der Waals surface area contributed by atoms with E-state index in [1.807, 2.05) is 0 Å². The maximum Gasteiger partial charge on any atom is 0.346 e. The molecule has 0 bridgehead atoms. The zero-order valence-electron chi connectivity index (χ0n) is 7.83. The predicted molar refractivity (Wildman–Crippen MR) is 45.1 cm³/mol. The molecule has 1 saturated heterocycles. The molecule has 0 amide bonds. The Morgan fingerprint density at radius 3 is 2.31 bits per heavy atom. The van der Waals surface area contributed by atoms with E-state index < -0.39 is 17.9 Å². The second-order valence-electron chi connectivity index (χ2n) is 3.33. The molecule has 4 nitrogen and oxygen atoms in total. The standard InChI is InChI=1S/C9H12O4/c1-4(2)7(10)6-8(11)5(3)13-9(6)12/h4-5,10H,1-3H3/b7-6+. The highest BCUT2D eigenvalue weighted by Crippen LogP contribution is 2.22. The minimum absolute atomic E-state index is 0.181. The highest BCUT2D eigenvalue weighted by Gasteiger charge is 2.38. The molecule has 1 aliphatic rings. The Hall–Kier alpha value is -1.32. The number of ether oxygens (including phenoxy) is 1. The van der Waals surface area contributed by atoms with Crippen LogP contribution < -0.4 is 0 Å². The van der Waals surface area contributed by atoms with Crippen molar-refractivity contribution >= 4 is 11.8 Å². The molecule has 1 atom stereocenters. The van der Waals surface area contributed by atoms with Crippen molar-refractivity contribution in [1.82, 2.24) is 0 Å². The number of hydrogen-bond acceptors (Lipinski definition) is 4. The number of hydrogen-bond donors (Lipinski definition) is 1. The Bertz CT molecular complexity index is 288. The zero-order chi connectivity index (χ0) is 10.2. The van der Waals surface area contributed by atoms with Gasteiger partial charge in [-0.1, -0.05) is 13.8 Å². The van der Waals surface area contributed by atoms with Crippen LogP contribution in [0.25, 0.3) is 0 Å². The first-order valence-corrected chi connectivity index (χ1v) is 4.13. The van der Waals surface area contributed by atoms with Crippen molar-refractivity contribution in [3.8, 4) is 0 Å². The highest BCUT2D eigenvalue weighted by molar-refractivity contribution is 6.23. The third-order valence-electron chi connectivity index (χ3n) is 1.91. The second kappa shape index (κ2) is 3.20. The summed E-state index contributed by atoms with van der Waals surface area (Å²) >= 11 is 0. The summed E-state index contributed by atoms with van der Waals surface area (Å²) in [6.45, 7) is 4.89. The lowest BCUT2D eigenvalue weighted by Crippen LogP contribution is -2.13. The van der Waals surface area contributed by atoms with Gasteiger partial charge in [-0.05, 0) is 6.92 Å². The van der Waals surface area contributed by atoms with Gasteiger partial charge in [0, 0.05) is 5.92 Å². The molecule has 72 valence electrons. The fourth-order valence-corrected chi connectivity index (χ4v) is 1.10. The monoisotopic (exact) mass is 184 g/mol. The van der Waals surface area contributed by atoms with E-state index in [0.717, 1.165) is 0 Å². The van der Waals surface area contributed by atoms with Gasteiger partial charge in [-0.25, -0.2) is 4.79 Å². The summed E-state index contributed by atoms with van der Waals surface area (Å²) in [6, 6.07) is 0. The van der Waals surface area contributed by atoms with E-state index in [1.54, 1.807) is 13.8 Å². The molecule has 1 fully saturated rings. The molecule has 0 spiro atoms. The fourth-order valence-electron chi connectivity index (χ4n) is 1.10. The van der Waals surface area contributed by atoms with Gasteiger partial charge in [-0.2, -0.15) is 0 Å². The summed E-state index contributed by atoms with van der Waals surface area (Å²) in [6.07, 6.45) is -0.761. The number of aliphatic hydroxyl groups excluding tert-OH is 1. The molecular weight excluding hydrogens is 172 g/mol. The summed E-state index contributed by atoms with van der Waals surface area (Å²) in [5.74, 6) is -1.57. The van der Waals surface area contributed by atoms with Crippen molar-refractivity contribution in [2.24, 2.45) is 5.92 Å². The van der Waals surface area contributed by atoms with Gasteiger partial charge in [0.05, 0.1) is 0 Å². The number of allylic oxidation sites excluding steroid dienone is 1. The number of rotatable bonds is 1. The van der Waals surface area contributed by atoms with Crippen molar-refractivity contribution in [3.05, 3.63) is 11.3 Å². The van der Waals surface area contributed by atoms with E-state index in [2.05, 4.69) is 4.74 Å². The molecule has 0 aliphatic carbocycles. The van der Waals surface area contributed by atoms with Crippen molar-refractivity contribution < 1.29 is 19.4 Å². The van der Waals surface area contributed by atoms with Gasteiger partial charge in [-0.3, -0.25) is 4.79 Å². The van der Waals surface area contributed by atoms with Crippen LogP contribution in [0.4, 0.5) is 0 Å². The quantitative estimate of drug-likeness (QED) is 0.285. The first kappa shape index (κ1) is 9.77. The van der Waals surface area contributed by atoms with Crippen molar-refractivity contribution in [3.63, 3.8) is 0 Å². The molecular formula is C9H12O4. The van der Waals surface area contributed by atoms with E-state index in [-0.39, 0.29) is 17.3 Å². The number of carbonyl (C=O) groups is 2. The van der Waals surface area contributed by atoms with Crippen LogP contribution in [0.2, 0.25) is 0 Å². The Kier molecular flexibility index (Phi) is 2.40. The highest BCUT2D eigenvalue weighted by atomic mass is 16.6. The molecule has 0 aromatic carbocycles. The first-order chi connectivity index (χ1) is 5.95. The van der Waals surface area contributed by atoms with E-state index in [9.17, 15) is 14.7 Å². The smallest absolute Gasteiger partial charge is 0.346 e. The third kappa shape index (κ3) is 1.56. The second-order valence-corrected chi connectivity index (χ2v) is 3.33. The summed E-state index contributed by atoms with van der Waals surface area (Å²) < 4.78 is 4.65. The number of esters is 1. The van der Waals surface area contributed by atoms with Crippen molar-refractivity contribution in [2.75, 3.05) is 0 Å². The van der Waals surface area contributed by atoms with Crippen LogP contribution in [0.3, 0.4) is 0 Å². The lowest BCUT2D eigenvalue weighted by Gasteiger charge is -2.03. The number of cyclic esters (lactones) is 1. The third-order valence-corrected chi connectivity index (χ3v) is 1.91. The van der Waals surface area contributed by atoms with Gasteiger partial charge < -0.3 is 9.84 Å². The summed E-state index contributed by atoms with van der Waals surface area (Å²) in [5, 5.41) is 9.44. The molecule has 13 heavy (non-hydrogen) atoms. The van der Waals surface area contributed by atoms with E-state index in [4.69, 9.17) is 0 Å². The number of ketones is 1. The summed E-state index contributed by atoms with van der Waals surface area (Å²) in [5.41, 5.74) is -0.192. The zero-order valence-corrected chi connectivity index (χ0v) is 7.83. The summed E-state index contributed by atoms with van der Waals surface area (Å²) in [4.78, 5) is 22.4. The van der Waals surface area contributed by atoms with Gasteiger partial charge in [0.25, 0.3) is 0 Å². The largest absolute Gasteiger partial charge is 0.511 e. The van der Waals surface area contributed by atoms with Crippen LogP contribution in [-0.4, -0.2) is 23.0 Å². The van der Waals surface area contributed by atoms with Crippen LogP contribution in [0.5, 0.6) is 0 Å². The molecule has 0 saturated carbocycles. The van der Waals surface area contributed by atoms with Crippen LogP contribution >= 0.6 is 0 Å². The minimum atomic E-state index is -0.761. The van der Waals surface area contributed by atoms with Crippen molar-refractivity contribution in [1.29, 1.82) is 0 Å². The number of aliphatic hydroxyl groups is 1. The molecule has 0 aromatic rings. The minimum Gasteiger partial charge on any atom is -0.511 e. The normalized spacial score (nSPS) is 26.6. The molecule has 4 heteroatoms. The Morgan fingerprint density at radius 1 is 1.46 bits per heavy atom. The van der Waals surface area contributed by atoms with Crippen LogP contribution in [0, 0.1) is 5.92 Å². The lowest BCUT2D eigenvalue weighted by atomic mass is 10.0. The lowest BCUT2D eigenvalue weighted by molar-refractivity contribution is -0.140. The molecule has 0 aromatic heterocycles. The van der Waals surface area contributed by atoms with Crippen LogP contribution in [0.1, 0.15) is 20.8 Å². The molecule has 1 N–H and O–H groups in total. The van der Waals surface area contributed by atoms with Gasteiger partial charge in [0.15, 0.2) is 6.10 Å². The SMILES string of the molecule is CC1OC(=O)/C(=C(/O)C(C)C)C1=O. The molecule has 1 rings (SSSR count). The average Bonchev–Trinajstić information content (AvgIpc) is 2.26. The molecule has 1 heterocycles. The summed E-state index contributed by atoms with van der Waals surface area (Å²) in [7, 11) is 0. The van der Waals surface area contributed by atoms with Crippen LogP contribution in [-0.2, 0) is 14.3 Å². The number of Topliss-reactive ketones (excluding diaryl/α,β-unsaturated/α-hetero) is 1. The Labute approximate surface area is 76.2 Å². The maximum atomic E-state index is 11.3. The van der Waals surface area contributed by atoms with Crippen LogP contribution in [0.15, 0.2) is 11.3 Å². The van der Waals surface area contributed by atoms with Gasteiger partial charge in [0.2, 0.25) is 5.78 Å². The van der Waals surface area contributed by atoms with Crippen molar-refractivity contribution in [2.45, 2.75) is 26.9 Å². The average molecular weight is 184 g/mol. The van der Waals surface area contributed by atoms with E-state index >= 15 is 0 Å². The number of carbonyl (C=O) groups excluding carboxylic acids is 2. The van der Waals surface area contributed by atoms with Gasteiger partial charge >= 0.3 is 5.97 Å². The molecule has 1 unspecified atom stereocenters. The fraction of sp³-hybridized carbons (Fsp3) is 0.556. The first-order valence-electron chi connectivity index (χ1n) is 4.13. The molecule has 0 radical (unpaired) electrons. The Morgan fingerprint density at radius 2 is 2.00 bits per heavy atom. The maximum absolute atomic E-state index is 11.3. The van der Waals surface area contributed by atoms with Gasteiger partial charge in [-0.15, -0.1) is 0 Å². The topological polar surface area (TPSA) is 63.6 Å². The van der Waals surface area contributed by atoms with E-state index in [0.29, 0.717) is 0 Å². The Balaban J connectivity index is 3.11. The van der Waals surface area contributed by atoms with E-state index in [1.165, 1.54) is 6.92 Å². The predicted octanol–water partition coefficient (Wildman–Crippen LogP) is 0.969. The van der Waals surface area contributed by atoms with Gasteiger partial charge in [0.1, 0.15) is 11.3 Å². The molecule has 1 aliphatic heterocycles.